The lowest BCUT2D eigenvalue weighted by molar-refractivity contribution is 0.676. The Hall–Kier alpha value is -2.67. The third kappa shape index (κ3) is 4.09. The van der Waals surface area contributed by atoms with Gasteiger partial charge in [0.25, 0.3) is 5.56 Å². The molecule has 2 aromatic heterocycles. The van der Waals surface area contributed by atoms with Crippen molar-refractivity contribution in [3.05, 3.63) is 62.6 Å². The minimum Gasteiger partial charge on any atom is -0.322 e. The van der Waals surface area contributed by atoms with E-state index in [9.17, 15) is 9.59 Å². The lowest BCUT2D eigenvalue weighted by atomic mass is 10.0. The normalized spacial score (nSPS) is 11.9. The SMILES string of the molecule is CCNCC.CCn1c(C(C)c2ccccc2)nc2c1c(=O)n(C)c(=O)n2C. The number of aromatic nitrogens is 4. The van der Waals surface area contributed by atoms with Crippen molar-refractivity contribution in [2.45, 2.75) is 40.2 Å². The fraction of sp³-hybridized carbons (Fsp3) is 0.476. The van der Waals surface area contributed by atoms with E-state index in [1.165, 1.54) is 11.6 Å². The van der Waals surface area contributed by atoms with Crippen LogP contribution in [0.1, 0.15) is 45.0 Å². The molecule has 3 rings (SSSR count). The van der Waals surface area contributed by atoms with Gasteiger partial charge in [0, 0.05) is 26.6 Å². The number of aryl methyl sites for hydroxylation is 2. The van der Waals surface area contributed by atoms with Crippen LogP contribution >= 0.6 is 0 Å². The minimum absolute atomic E-state index is 0.0309. The Morgan fingerprint density at radius 1 is 1.00 bits per heavy atom. The number of fused-ring (bicyclic) bond motifs is 1. The first-order valence-corrected chi connectivity index (χ1v) is 9.80. The largest absolute Gasteiger partial charge is 0.332 e. The first-order valence-electron chi connectivity index (χ1n) is 9.80. The molecule has 3 aromatic rings. The molecule has 0 saturated heterocycles. The molecule has 1 N–H and O–H groups in total. The maximum Gasteiger partial charge on any atom is 0.332 e. The second-order valence-corrected chi connectivity index (χ2v) is 6.68. The summed E-state index contributed by atoms with van der Waals surface area (Å²) in [5.41, 5.74) is 1.39. The molecule has 1 aromatic carbocycles. The number of imidazole rings is 1. The summed E-state index contributed by atoms with van der Waals surface area (Å²) >= 11 is 0. The van der Waals surface area contributed by atoms with Crippen LogP contribution in [-0.2, 0) is 20.6 Å². The van der Waals surface area contributed by atoms with Crippen molar-refractivity contribution in [1.82, 2.24) is 24.0 Å². The molecule has 0 aliphatic heterocycles. The lowest BCUT2D eigenvalue weighted by Crippen LogP contribution is -2.37. The number of nitrogens with zero attached hydrogens (tertiary/aromatic N) is 4. The van der Waals surface area contributed by atoms with Crippen molar-refractivity contribution in [1.29, 1.82) is 0 Å². The standard InChI is InChI=1S/C17H20N4O2.C4H11N/c1-5-21-13-15(19(3)17(23)20(4)16(13)22)18-14(21)11(2)12-9-7-6-8-10-12;1-3-5-4-2/h6-11H,5H2,1-4H3;5H,3-4H2,1-2H3. The van der Waals surface area contributed by atoms with E-state index in [4.69, 9.17) is 0 Å². The highest BCUT2D eigenvalue weighted by Gasteiger charge is 2.22. The second kappa shape index (κ2) is 9.50. The number of rotatable bonds is 5. The maximum atomic E-state index is 12.5. The molecule has 28 heavy (non-hydrogen) atoms. The Morgan fingerprint density at radius 3 is 2.11 bits per heavy atom. The van der Waals surface area contributed by atoms with E-state index in [1.807, 2.05) is 41.8 Å². The fourth-order valence-electron chi connectivity index (χ4n) is 3.25. The third-order valence-corrected chi connectivity index (χ3v) is 4.88. The summed E-state index contributed by atoms with van der Waals surface area (Å²) in [7, 11) is 3.14. The Bertz CT molecular complexity index is 1030. The van der Waals surface area contributed by atoms with Crippen LogP contribution in [0.4, 0.5) is 0 Å². The van der Waals surface area contributed by atoms with Crippen molar-refractivity contribution in [2.24, 2.45) is 14.1 Å². The van der Waals surface area contributed by atoms with Gasteiger partial charge in [-0.1, -0.05) is 51.1 Å². The number of hydrogen-bond acceptors (Lipinski definition) is 4. The summed E-state index contributed by atoms with van der Waals surface area (Å²) in [5, 5.41) is 3.11. The number of hydrogen-bond donors (Lipinski definition) is 1. The first-order chi connectivity index (χ1) is 13.4. The summed E-state index contributed by atoms with van der Waals surface area (Å²) in [6.07, 6.45) is 0. The van der Waals surface area contributed by atoms with Gasteiger partial charge >= 0.3 is 5.69 Å². The first kappa shape index (κ1) is 21.6. The molecule has 7 heteroatoms. The Balaban J connectivity index is 0.000000500. The molecule has 0 spiro atoms. The zero-order valence-electron chi connectivity index (χ0n) is 17.7. The smallest absolute Gasteiger partial charge is 0.322 e. The highest BCUT2D eigenvalue weighted by atomic mass is 16.2. The van der Waals surface area contributed by atoms with Crippen molar-refractivity contribution in [2.75, 3.05) is 13.1 Å². The van der Waals surface area contributed by atoms with E-state index in [-0.39, 0.29) is 17.2 Å². The predicted molar refractivity (Wildman–Crippen MR) is 114 cm³/mol. The molecular formula is C21H31N5O2. The van der Waals surface area contributed by atoms with E-state index in [1.54, 1.807) is 7.05 Å². The van der Waals surface area contributed by atoms with Gasteiger partial charge in [-0.15, -0.1) is 0 Å². The topological polar surface area (TPSA) is 73.8 Å². The Morgan fingerprint density at radius 2 is 1.61 bits per heavy atom. The summed E-state index contributed by atoms with van der Waals surface area (Å²) in [5.74, 6) is 0.829. The zero-order chi connectivity index (χ0) is 20.8. The van der Waals surface area contributed by atoms with Crippen LogP contribution in [0.15, 0.2) is 39.9 Å². The molecule has 0 fully saturated rings. The van der Waals surface area contributed by atoms with E-state index < -0.39 is 0 Å². The Labute approximate surface area is 165 Å². The predicted octanol–water partition coefficient (Wildman–Crippen LogP) is 2.22. The van der Waals surface area contributed by atoms with Gasteiger partial charge in [0.15, 0.2) is 11.2 Å². The second-order valence-electron chi connectivity index (χ2n) is 6.68. The Kier molecular flexibility index (Phi) is 7.34. The van der Waals surface area contributed by atoms with Gasteiger partial charge in [-0.3, -0.25) is 13.9 Å². The van der Waals surface area contributed by atoms with Crippen molar-refractivity contribution in [3.8, 4) is 0 Å². The molecular weight excluding hydrogens is 354 g/mol. The molecule has 7 nitrogen and oxygen atoms in total. The van der Waals surface area contributed by atoms with Crippen LogP contribution in [0.3, 0.4) is 0 Å². The van der Waals surface area contributed by atoms with Gasteiger partial charge in [-0.2, -0.15) is 0 Å². The summed E-state index contributed by atoms with van der Waals surface area (Å²) in [6.45, 7) is 11.1. The average molecular weight is 386 g/mol. The van der Waals surface area contributed by atoms with Gasteiger partial charge in [0.1, 0.15) is 5.82 Å². The molecule has 0 aliphatic carbocycles. The zero-order valence-corrected chi connectivity index (χ0v) is 17.7. The van der Waals surface area contributed by atoms with Crippen LogP contribution in [-0.4, -0.2) is 31.8 Å². The highest BCUT2D eigenvalue weighted by Crippen LogP contribution is 2.25. The summed E-state index contributed by atoms with van der Waals surface area (Å²) in [4.78, 5) is 29.3. The average Bonchev–Trinajstić information content (AvgIpc) is 3.11. The fourth-order valence-corrected chi connectivity index (χ4v) is 3.25. The molecule has 152 valence electrons. The van der Waals surface area contributed by atoms with E-state index in [0.717, 1.165) is 29.0 Å². The van der Waals surface area contributed by atoms with Gasteiger partial charge in [0.2, 0.25) is 0 Å². The molecule has 0 amide bonds. The molecule has 0 saturated carbocycles. The molecule has 0 aliphatic rings. The van der Waals surface area contributed by atoms with Crippen LogP contribution in [0.5, 0.6) is 0 Å². The van der Waals surface area contributed by atoms with Crippen molar-refractivity contribution >= 4 is 11.2 Å². The quantitative estimate of drug-likeness (QED) is 0.731. The molecule has 1 atom stereocenters. The summed E-state index contributed by atoms with van der Waals surface area (Å²) in [6, 6.07) is 10.0. The van der Waals surface area contributed by atoms with Crippen molar-refractivity contribution in [3.63, 3.8) is 0 Å². The van der Waals surface area contributed by atoms with Gasteiger partial charge in [-0.25, -0.2) is 9.78 Å². The van der Waals surface area contributed by atoms with E-state index in [0.29, 0.717) is 17.7 Å². The van der Waals surface area contributed by atoms with Crippen LogP contribution in [0.2, 0.25) is 0 Å². The van der Waals surface area contributed by atoms with Crippen molar-refractivity contribution < 1.29 is 0 Å². The maximum absolute atomic E-state index is 12.5. The van der Waals surface area contributed by atoms with Crippen LogP contribution in [0, 0.1) is 0 Å². The minimum atomic E-state index is -0.359. The highest BCUT2D eigenvalue weighted by molar-refractivity contribution is 5.71. The molecule has 1 unspecified atom stereocenters. The van der Waals surface area contributed by atoms with E-state index in [2.05, 4.69) is 31.1 Å². The molecule has 0 radical (unpaired) electrons. The van der Waals surface area contributed by atoms with Gasteiger partial charge in [-0.05, 0) is 25.6 Å². The number of nitrogens with one attached hydrogen (secondary N) is 1. The third-order valence-electron chi connectivity index (χ3n) is 4.88. The van der Waals surface area contributed by atoms with Crippen LogP contribution < -0.4 is 16.6 Å². The molecule has 0 bridgehead atoms. The van der Waals surface area contributed by atoms with Crippen LogP contribution in [0.25, 0.3) is 11.2 Å². The summed E-state index contributed by atoms with van der Waals surface area (Å²) < 4.78 is 4.48. The number of benzene rings is 1. The van der Waals surface area contributed by atoms with Gasteiger partial charge in [0.05, 0.1) is 0 Å². The van der Waals surface area contributed by atoms with E-state index >= 15 is 0 Å². The monoisotopic (exact) mass is 385 g/mol. The molecule has 2 heterocycles. The lowest BCUT2D eigenvalue weighted by Gasteiger charge is -2.13. The van der Waals surface area contributed by atoms with Gasteiger partial charge < -0.3 is 9.88 Å².